The number of aromatic amines is 1. The monoisotopic (exact) mass is 384 g/mol. The van der Waals surface area contributed by atoms with Crippen molar-refractivity contribution >= 4 is 16.5 Å². The van der Waals surface area contributed by atoms with Gasteiger partial charge in [-0.05, 0) is 36.6 Å². The third kappa shape index (κ3) is 2.69. The molecule has 2 N–H and O–H groups in total. The molecular formula is C24H24N4O. The molecule has 5 nitrogen and oxygen atoms in total. The Labute approximate surface area is 169 Å². The van der Waals surface area contributed by atoms with E-state index >= 15 is 0 Å². The van der Waals surface area contributed by atoms with Gasteiger partial charge in [0.25, 0.3) is 5.56 Å². The van der Waals surface area contributed by atoms with Gasteiger partial charge in [0, 0.05) is 41.1 Å². The standard InChI is InChI=1S/C24H24N4O/c1-3-17-20-19-16(24(29)27-17)11-8-12-18(19)26-22(15-9-6-5-7-10-15)21(20)23-25-13-14-28(23)4-2/h5-14,21-22,26H,3-4H2,1-2H3,(H,27,29). The second kappa shape index (κ2) is 6.92. The zero-order valence-electron chi connectivity index (χ0n) is 16.6. The Morgan fingerprint density at radius 3 is 2.66 bits per heavy atom. The van der Waals surface area contributed by atoms with E-state index in [1.165, 1.54) is 11.1 Å². The van der Waals surface area contributed by atoms with Gasteiger partial charge in [-0.3, -0.25) is 4.79 Å². The second-order valence-electron chi connectivity index (χ2n) is 7.51. The molecule has 1 aliphatic heterocycles. The van der Waals surface area contributed by atoms with E-state index in [0.29, 0.717) is 0 Å². The summed E-state index contributed by atoms with van der Waals surface area (Å²) < 4.78 is 2.20. The molecule has 4 aromatic rings. The molecule has 0 saturated carbocycles. The number of imidazole rings is 1. The quantitative estimate of drug-likeness (QED) is 0.540. The highest BCUT2D eigenvalue weighted by molar-refractivity contribution is 5.98. The van der Waals surface area contributed by atoms with Crippen molar-refractivity contribution in [3.05, 3.63) is 93.9 Å². The molecule has 0 amide bonds. The van der Waals surface area contributed by atoms with Crippen molar-refractivity contribution in [2.75, 3.05) is 5.32 Å². The predicted molar refractivity (Wildman–Crippen MR) is 116 cm³/mol. The van der Waals surface area contributed by atoms with Gasteiger partial charge in [-0.1, -0.05) is 43.3 Å². The summed E-state index contributed by atoms with van der Waals surface area (Å²) >= 11 is 0. The third-order valence-electron chi connectivity index (χ3n) is 6.00. The van der Waals surface area contributed by atoms with Crippen molar-refractivity contribution in [2.45, 2.75) is 38.8 Å². The Morgan fingerprint density at radius 2 is 1.90 bits per heavy atom. The van der Waals surface area contributed by atoms with Crippen LogP contribution in [0.15, 0.2) is 65.7 Å². The molecule has 29 heavy (non-hydrogen) atoms. The minimum atomic E-state index is -0.0278. The molecule has 5 heteroatoms. The van der Waals surface area contributed by atoms with Crippen LogP contribution in [0.3, 0.4) is 0 Å². The highest BCUT2D eigenvalue weighted by Crippen LogP contribution is 2.47. The highest BCUT2D eigenvalue weighted by Gasteiger charge is 2.37. The van der Waals surface area contributed by atoms with E-state index in [1.54, 1.807) is 0 Å². The number of aryl methyl sites for hydroxylation is 2. The number of anilines is 1. The fourth-order valence-electron chi connectivity index (χ4n) is 4.70. The lowest BCUT2D eigenvalue weighted by molar-refractivity contribution is 0.576. The number of benzene rings is 2. The molecule has 2 unspecified atom stereocenters. The number of pyridine rings is 1. The van der Waals surface area contributed by atoms with E-state index in [0.717, 1.165) is 40.9 Å². The number of rotatable bonds is 4. The van der Waals surface area contributed by atoms with Gasteiger partial charge in [0.2, 0.25) is 0 Å². The number of nitrogens with zero attached hydrogens (tertiary/aromatic N) is 2. The number of aromatic nitrogens is 3. The lowest BCUT2D eigenvalue weighted by Gasteiger charge is -2.36. The zero-order valence-corrected chi connectivity index (χ0v) is 16.6. The smallest absolute Gasteiger partial charge is 0.256 e. The largest absolute Gasteiger partial charge is 0.377 e. The van der Waals surface area contributed by atoms with Gasteiger partial charge in [0.1, 0.15) is 5.82 Å². The SMILES string of the molecule is CCc1[nH]c(=O)c2cccc3c2c1C(c1nccn1CC)C(c1ccccc1)N3. The average molecular weight is 384 g/mol. The van der Waals surface area contributed by atoms with Crippen molar-refractivity contribution in [3.63, 3.8) is 0 Å². The third-order valence-corrected chi connectivity index (χ3v) is 6.00. The van der Waals surface area contributed by atoms with Crippen LogP contribution in [-0.4, -0.2) is 14.5 Å². The summed E-state index contributed by atoms with van der Waals surface area (Å²) in [4.78, 5) is 20.7. The van der Waals surface area contributed by atoms with E-state index < -0.39 is 0 Å². The van der Waals surface area contributed by atoms with Gasteiger partial charge >= 0.3 is 0 Å². The fraction of sp³-hybridized carbons (Fsp3) is 0.250. The Balaban J connectivity index is 1.88. The number of H-pyrrole nitrogens is 1. The average Bonchev–Trinajstić information content (AvgIpc) is 3.24. The highest BCUT2D eigenvalue weighted by atomic mass is 16.1. The molecule has 0 radical (unpaired) electrons. The molecule has 5 rings (SSSR count). The molecular weight excluding hydrogens is 360 g/mol. The summed E-state index contributed by atoms with van der Waals surface area (Å²) in [5, 5.41) is 5.49. The van der Waals surface area contributed by atoms with E-state index in [4.69, 9.17) is 4.98 Å². The number of nitrogens with one attached hydrogen (secondary N) is 2. The first-order valence-electron chi connectivity index (χ1n) is 10.2. The summed E-state index contributed by atoms with van der Waals surface area (Å²) in [5.74, 6) is 1.02. The minimum absolute atomic E-state index is 0.00319. The second-order valence-corrected chi connectivity index (χ2v) is 7.51. The van der Waals surface area contributed by atoms with Gasteiger partial charge in [-0.15, -0.1) is 0 Å². The summed E-state index contributed by atoms with van der Waals surface area (Å²) in [5.41, 5.74) is 4.37. The molecule has 3 heterocycles. The van der Waals surface area contributed by atoms with Crippen molar-refractivity contribution in [2.24, 2.45) is 0 Å². The predicted octanol–water partition coefficient (Wildman–Crippen LogP) is 4.61. The summed E-state index contributed by atoms with van der Waals surface area (Å²) in [6, 6.07) is 16.5. The van der Waals surface area contributed by atoms with Crippen molar-refractivity contribution in [1.82, 2.24) is 14.5 Å². The summed E-state index contributed by atoms with van der Waals surface area (Å²) in [7, 11) is 0. The van der Waals surface area contributed by atoms with Crippen LogP contribution in [-0.2, 0) is 13.0 Å². The molecule has 1 aliphatic rings. The topological polar surface area (TPSA) is 62.7 Å². The molecule has 2 atom stereocenters. The first kappa shape index (κ1) is 17.7. The maximum absolute atomic E-state index is 12.8. The molecule has 0 saturated heterocycles. The van der Waals surface area contributed by atoms with Crippen LogP contribution in [0.1, 0.15) is 48.5 Å². The Bertz CT molecular complexity index is 1240. The summed E-state index contributed by atoms with van der Waals surface area (Å²) in [6.07, 6.45) is 4.67. The van der Waals surface area contributed by atoms with Gasteiger partial charge < -0.3 is 14.9 Å². The van der Waals surface area contributed by atoms with E-state index in [1.807, 2.05) is 30.6 Å². The van der Waals surface area contributed by atoms with Crippen LogP contribution >= 0.6 is 0 Å². The fourth-order valence-corrected chi connectivity index (χ4v) is 4.70. The maximum atomic E-state index is 12.8. The number of hydrogen-bond donors (Lipinski definition) is 2. The molecule has 0 aliphatic carbocycles. The normalized spacial score (nSPS) is 18.0. The van der Waals surface area contributed by atoms with Crippen LogP contribution in [0.25, 0.3) is 10.8 Å². The Morgan fingerprint density at radius 1 is 1.07 bits per heavy atom. The molecule has 146 valence electrons. The Hall–Kier alpha value is -3.34. The first-order chi connectivity index (χ1) is 14.2. The Kier molecular flexibility index (Phi) is 4.23. The lowest BCUT2D eigenvalue weighted by atomic mass is 9.79. The molecule has 0 bridgehead atoms. The minimum Gasteiger partial charge on any atom is -0.377 e. The van der Waals surface area contributed by atoms with Crippen molar-refractivity contribution in [3.8, 4) is 0 Å². The van der Waals surface area contributed by atoms with E-state index in [9.17, 15) is 4.79 Å². The maximum Gasteiger partial charge on any atom is 0.256 e. The van der Waals surface area contributed by atoms with Crippen molar-refractivity contribution in [1.29, 1.82) is 0 Å². The van der Waals surface area contributed by atoms with Gasteiger partial charge in [0.05, 0.1) is 12.0 Å². The summed E-state index contributed by atoms with van der Waals surface area (Å²) in [6.45, 7) is 5.08. The van der Waals surface area contributed by atoms with Gasteiger partial charge in [-0.2, -0.15) is 0 Å². The molecule has 2 aromatic heterocycles. The van der Waals surface area contributed by atoms with Crippen LogP contribution in [0.2, 0.25) is 0 Å². The lowest BCUT2D eigenvalue weighted by Crippen LogP contribution is -2.30. The van der Waals surface area contributed by atoms with Crippen molar-refractivity contribution < 1.29 is 0 Å². The molecule has 0 spiro atoms. The number of hydrogen-bond acceptors (Lipinski definition) is 3. The van der Waals surface area contributed by atoms with E-state index in [-0.39, 0.29) is 17.5 Å². The first-order valence-corrected chi connectivity index (χ1v) is 10.2. The molecule has 2 aromatic carbocycles. The van der Waals surface area contributed by atoms with Gasteiger partial charge in [0.15, 0.2) is 0 Å². The van der Waals surface area contributed by atoms with Crippen LogP contribution in [0.4, 0.5) is 5.69 Å². The molecule has 0 fully saturated rings. The zero-order chi connectivity index (χ0) is 20.0. The van der Waals surface area contributed by atoms with Gasteiger partial charge in [-0.25, -0.2) is 4.98 Å². The van der Waals surface area contributed by atoms with Crippen LogP contribution in [0, 0.1) is 0 Å². The van der Waals surface area contributed by atoms with Crippen LogP contribution < -0.4 is 10.9 Å². The van der Waals surface area contributed by atoms with E-state index in [2.05, 4.69) is 59.0 Å². The van der Waals surface area contributed by atoms with Crippen LogP contribution in [0.5, 0.6) is 0 Å².